The number of nitrogens with one attached hydrogen (secondary N) is 2. The molecule has 0 unspecified atom stereocenters. The van der Waals surface area contributed by atoms with Crippen LogP contribution in [-0.4, -0.2) is 12.7 Å². The highest BCUT2D eigenvalue weighted by Crippen LogP contribution is 2.29. The van der Waals surface area contributed by atoms with Gasteiger partial charge in [0.2, 0.25) is 0 Å². The van der Waals surface area contributed by atoms with Gasteiger partial charge in [0.25, 0.3) is 0 Å². The Bertz CT molecular complexity index is 588. The highest BCUT2D eigenvalue weighted by atomic mass is 79.9. The largest absolute Gasteiger partial charge is 0.450 e. The number of hydrogen-bond donors (Lipinski definition) is 2. The summed E-state index contributed by atoms with van der Waals surface area (Å²) < 4.78 is 5.81. The van der Waals surface area contributed by atoms with Crippen LogP contribution in [0, 0.1) is 0 Å². The van der Waals surface area contributed by atoms with E-state index in [9.17, 15) is 4.79 Å². The van der Waals surface area contributed by atoms with Gasteiger partial charge in [0, 0.05) is 10.2 Å². The van der Waals surface area contributed by atoms with E-state index in [2.05, 4.69) is 26.6 Å². The number of amides is 1. The first-order valence-electron chi connectivity index (χ1n) is 6.24. The maximum absolute atomic E-state index is 11.5. The van der Waals surface area contributed by atoms with Gasteiger partial charge in [0.15, 0.2) is 0 Å². The number of anilines is 3. The molecule has 5 heteroatoms. The first kappa shape index (κ1) is 14.4. The lowest BCUT2D eigenvalue weighted by Gasteiger charge is -2.13. The summed E-state index contributed by atoms with van der Waals surface area (Å²) in [6.45, 7) is 2.11. The number of para-hydroxylation sites is 1. The van der Waals surface area contributed by atoms with E-state index in [-0.39, 0.29) is 0 Å². The summed E-state index contributed by atoms with van der Waals surface area (Å²) in [5.41, 5.74) is 2.40. The number of carbonyl (C=O) groups excluding carboxylic acids is 1. The Balaban J connectivity index is 2.22. The molecule has 0 atom stereocenters. The maximum atomic E-state index is 11.5. The molecule has 0 fully saturated rings. The van der Waals surface area contributed by atoms with Crippen molar-refractivity contribution in [2.45, 2.75) is 6.92 Å². The van der Waals surface area contributed by atoms with E-state index in [1.165, 1.54) is 0 Å². The fraction of sp³-hybridized carbons (Fsp3) is 0.133. The molecule has 0 bridgehead atoms. The quantitative estimate of drug-likeness (QED) is 0.847. The fourth-order valence-corrected chi connectivity index (χ4v) is 2.04. The van der Waals surface area contributed by atoms with Crippen LogP contribution >= 0.6 is 15.9 Å². The summed E-state index contributed by atoms with van der Waals surface area (Å²) in [5.74, 6) is 0. The van der Waals surface area contributed by atoms with Crippen molar-refractivity contribution in [1.82, 2.24) is 0 Å². The summed E-state index contributed by atoms with van der Waals surface area (Å²) in [6, 6.07) is 15.3. The van der Waals surface area contributed by atoms with Crippen molar-refractivity contribution in [1.29, 1.82) is 0 Å². The lowest BCUT2D eigenvalue weighted by molar-refractivity contribution is 0.168. The summed E-state index contributed by atoms with van der Waals surface area (Å²) in [6.07, 6.45) is -0.467. The summed E-state index contributed by atoms with van der Waals surface area (Å²) in [5, 5.41) is 5.97. The van der Waals surface area contributed by atoms with Gasteiger partial charge >= 0.3 is 6.09 Å². The maximum Gasteiger partial charge on any atom is 0.411 e. The predicted octanol–water partition coefficient (Wildman–Crippen LogP) is 4.76. The smallest absolute Gasteiger partial charge is 0.411 e. The second-order valence-electron chi connectivity index (χ2n) is 4.03. The van der Waals surface area contributed by atoms with E-state index in [1.54, 1.807) is 6.92 Å². The normalized spacial score (nSPS) is 9.90. The molecule has 1 amide bonds. The Morgan fingerprint density at radius 1 is 1.15 bits per heavy atom. The molecule has 104 valence electrons. The highest BCUT2D eigenvalue weighted by Gasteiger charge is 2.08. The lowest BCUT2D eigenvalue weighted by atomic mass is 10.2. The Kier molecular flexibility index (Phi) is 5.01. The van der Waals surface area contributed by atoms with Gasteiger partial charge in [-0.25, -0.2) is 4.79 Å². The fourth-order valence-electron chi connectivity index (χ4n) is 1.68. The van der Waals surface area contributed by atoms with Gasteiger partial charge in [-0.15, -0.1) is 0 Å². The van der Waals surface area contributed by atoms with Crippen LogP contribution in [0.4, 0.5) is 21.9 Å². The molecular weight excluding hydrogens is 320 g/mol. The minimum atomic E-state index is -0.467. The van der Waals surface area contributed by atoms with E-state index in [0.717, 1.165) is 15.8 Å². The standard InChI is InChI=1S/C15H15BrN2O2/c1-2-20-15(19)18-13-9-8-11(16)10-14(13)17-12-6-4-3-5-7-12/h3-10,17H,2H2,1H3,(H,18,19). The van der Waals surface area contributed by atoms with Crippen molar-refractivity contribution in [2.24, 2.45) is 0 Å². The zero-order valence-corrected chi connectivity index (χ0v) is 12.6. The third-order valence-corrected chi connectivity index (χ3v) is 3.04. The lowest BCUT2D eigenvalue weighted by Crippen LogP contribution is -2.14. The molecule has 2 rings (SSSR count). The van der Waals surface area contributed by atoms with E-state index in [1.807, 2.05) is 48.5 Å². The molecule has 0 aliphatic heterocycles. The topological polar surface area (TPSA) is 50.4 Å². The van der Waals surface area contributed by atoms with Crippen molar-refractivity contribution in [3.63, 3.8) is 0 Å². The van der Waals surface area contributed by atoms with Crippen molar-refractivity contribution < 1.29 is 9.53 Å². The van der Waals surface area contributed by atoms with Gasteiger partial charge in [-0.05, 0) is 37.3 Å². The zero-order valence-electron chi connectivity index (χ0n) is 11.0. The molecule has 0 aliphatic rings. The second kappa shape index (κ2) is 6.96. The molecular formula is C15H15BrN2O2. The molecule has 0 saturated heterocycles. The van der Waals surface area contributed by atoms with Crippen LogP contribution in [0.2, 0.25) is 0 Å². The molecule has 2 N–H and O–H groups in total. The molecule has 0 aromatic heterocycles. The number of rotatable bonds is 4. The molecule has 0 radical (unpaired) electrons. The molecule has 0 saturated carbocycles. The number of carbonyl (C=O) groups is 1. The first-order chi connectivity index (χ1) is 9.69. The number of halogens is 1. The minimum absolute atomic E-state index is 0.337. The Labute approximate surface area is 126 Å². The molecule has 0 aliphatic carbocycles. The SMILES string of the molecule is CCOC(=O)Nc1ccc(Br)cc1Nc1ccccc1. The molecule has 0 spiro atoms. The van der Waals surface area contributed by atoms with Crippen LogP contribution in [0.5, 0.6) is 0 Å². The predicted molar refractivity (Wildman–Crippen MR) is 84.5 cm³/mol. The average molecular weight is 335 g/mol. The van der Waals surface area contributed by atoms with Gasteiger partial charge in [0.1, 0.15) is 0 Å². The van der Waals surface area contributed by atoms with Crippen molar-refractivity contribution in [3.8, 4) is 0 Å². The average Bonchev–Trinajstić information content (AvgIpc) is 2.43. The van der Waals surface area contributed by atoms with Crippen molar-refractivity contribution >= 4 is 39.1 Å². The zero-order chi connectivity index (χ0) is 14.4. The Morgan fingerprint density at radius 3 is 2.60 bits per heavy atom. The van der Waals surface area contributed by atoms with Crippen molar-refractivity contribution in [2.75, 3.05) is 17.2 Å². The Hall–Kier alpha value is -2.01. The van der Waals surface area contributed by atoms with Crippen LogP contribution in [0.15, 0.2) is 53.0 Å². The summed E-state index contributed by atoms with van der Waals surface area (Å²) in [4.78, 5) is 11.5. The van der Waals surface area contributed by atoms with Crippen LogP contribution < -0.4 is 10.6 Å². The van der Waals surface area contributed by atoms with Crippen LogP contribution in [0.1, 0.15) is 6.92 Å². The van der Waals surface area contributed by atoms with Crippen LogP contribution in [0.25, 0.3) is 0 Å². The van der Waals surface area contributed by atoms with Crippen molar-refractivity contribution in [3.05, 3.63) is 53.0 Å². The molecule has 4 nitrogen and oxygen atoms in total. The van der Waals surface area contributed by atoms with E-state index in [0.29, 0.717) is 12.3 Å². The van der Waals surface area contributed by atoms with Gasteiger partial charge in [-0.3, -0.25) is 5.32 Å². The summed E-state index contributed by atoms with van der Waals surface area (Å²) in [7, 11) is 0. The van der Waals surface area contributed by atoms with Gasteiger partial charge < -0.3 is 10.1 Å². The van der Waals surface area contributed by atoms with E-state index in [4.69, 9.17) is 4.74 Å². The molecule has 20 heavy (non-hydrogen) atoms. The number of hydrogen-bond acceptors (Lipinski definition) is 3. The molecule has 2 aromatic carbocycles. The van der Waals surface area contributed by atoms with E-state index < -0.39 is 6.09 Å². The minimum Gasteiger partial charge on any atom is -0.450 e. The monoisotopic (exact) mass is 334 g/mol. The van der Waals surface area contributed by atoms with Gasteiger partial charge in [-0.2, -0.15) is 0 Å². The molecule has 2 aromatic rings. The van der Waals surface area contributed by atoms with E-state index >= 15 is 0 Å². The van der Waals surface area contributed by atoms with Crippen LogP contribution in [-0.2, 0) is 4.74 Å². The Morgan fingerprint density at radius 2 is 1.90 bits per heavy atom. The third-order valence-electron chi connectivity index (χ3n) is 2.55. The van der Waals surface area contributed by atoms with Gasteiger partial charge in [-0.1, -0.05) is 34.1 Å². The number of ether oxygens (including phenoxy) is 1. The van der Waals surface area contributed by atoms with Gasteiger partial charge in [0.05, 0.1) is 18.0 Å². The second-order valence-corrected chi connectivity index (χ2v) is 4.94. The number of benzene rings is 2. The molecule has 0 heterocycles. The first-order valence-corrected chi connectivity index (χ1v) is 7.03. The summed E-state index contributed by atoms with van der Waals surface area (Å²) >= 11 is 3.42. The third kappa shape index (κ3) is 3.99. The van der Waals surface area contributed by atoms with Crippen LogP contribution in [0.3, 0.4) is 0 Å². The highest BCUT2D eigenvalue weighted by molar-refractivity contribution is 9.10.